The van der Waals surface area contributed by atoms with Crippen LogP contribution in [0.5, 0.6) is 0 Å². The van der Waals surface area contributed by atoms with E-state index in [2.05, 4.69) is 4.74 Å². The van der Waals surface area contributed by atoms with Gasteiger partial charge in [-0.3, -0.25) is 0 Å². The first-order valence-electron chi connectivity index (χ1n) is 9.41. The summed E-state index contributed by atoms with van der Waals surface area (Å²) in [5, 5.41) is 17.7. The molecule has 0 aliphatic carbocycles. The molecule has 9 heteroatoms. The highest BCUT2D eigenvalue weighted by Gasteiger charge is 2.21. The van der Waals surface area contributed by atoms with Crippen molar-refractivity contribution in [3.63, 3.8) is 0 Å². The zero-order chi connectivity index (χ0) is 23.7. The second kappa shape index (κ2) is 11.7. The first-order chi connectivity index (χ1) is 15.3. The van der Waals surface area contributed by atoms with Crippen LogP contribution < -0.4 is 5.46 Å². The zero-order valence-electron chi connectivity index (χ0n) is 17.4. The minimum Gasteiger partial charge on any atom is -0.465 e. The molecular formula is C23H21BF2O6. The summed E-state index contributed by atoms with van der Waals surface area (Å²) in [6.07, 6.45) is 0.503. The second-order valence-electron chi connectivity index (χ2n) is 6.55. The number of hydrogen-bond acceptors (Lipinski definition) is 6. The molecule has 32 heavy (non-hydrogen) atoms. The molecule has 0 radical (unpaired) electrons. The topological polar surface area (TPSA) is 93.1 Å². The fourth-order valence-electron chi connectivity index (χ4n) is 2.88. The van der Waals surface area contributed by atoms with Crippen LogP contribution in [0.1, 0.15) is 31.8 Å². The molecular weight excluding hydrogens is 421 g/mol. The molecule has 3 aromatic carbocycles. The molecule has 0 saturated carbocycles. The van der Waals surface area contributed by atoms with E-state index in [-0.39, 0.29) is 16.8 Å². The summed E-state index contributed by atoms with van der Waals surface area (Å²) in [6, 6.07) is 16.7. The smallest absolute Gasteiger partial charge is 0.465 e. The van der Waals surface area contributed by atoms with E-state index in [4.69, 9.17) is 14.8 Å². The Bertz CT molecular complexity index is 1070. The summed E-state index contributed by atoms with van der Waals surface area (Å²) in [6.45, 7) is 0. The van der Waals surface area contributed by atoms with Crippen molar-refractivity contribution in [3.05, 3.63) is 101 Å². The maximum atomic E-state index is 13.3. The predicted molar refractivity (Wildman–Crippen MR) is 115 cm³/mol. The van der Waals surface area contributed by atoms with E-state index in [0.29, 0.717) is 17.5 Å². The van der Waals surface area contributed by atoms with Crippen LogP contribution in [-0.4, -0.2) is 43.3 Å². The van der Waals surface area contributed by atoms with Gasteiger partial charge in [0.05, 0.1) is 25.3 Å². The summed E-state index contributed by atoms with van der Waals surface area (Å²) in [5.74, 6) is -2.19. The van der Waals surface area contributed by atoms with E-state index in [1.54, 1.807) is 0 Å². The second-order valence-corrected chi connectivity index (χ2v) is 6.55. The number of rotatable bonds is 5. The quantitative estimate of drug-likeness (QED) is 0.466. The van der Waals surface area contributed by atoms with E-state index in [0.717, 1.165) is 30.9 Å². The van der Waals surface area contributed by atoms with Crippen molar-refractivity contribution in [2.45, 2.75) is 6.42 Å². The van der Waals surface area contributed by atoms with Gasteiger partial charge in [-0.25, -0.2) is 18.4 Å². The Labute approximate surface area is 184 Å². The lowest BCUT2D eigenvalue weighted by Gasteiger charge is -2.08. The molecule has 6 nitrogen and oxygen atoms in total. The number of esters is 2. The van der Waals surface area contributed by atoms with Gasteiger partial charge in [0.15, 0.2) is 0 Å². The first kappa shape index (κ1) is 24.7. The molecule has 0 unspecified atom stereocenters. The summed E-state index contributed by atoms with van der Waals surface area (Å²) >= 11 is 0. The molecule has 3 aromatic rings. The number of carbonyl (C=O) groups excluding carboxylic acids is 2. The Morgan fingerprint density at radius 1 is 0.812 bits per heavy atom. The van der Waals surface area contributed by atoms with Crippen LogP contribution in [0.15, 0.2) is 66.7 Å². The van der Waals surface area contributed by atoms with Gasteiger partial charge in [0.1, 0.15) is 11.6 Å². The molecule has 0 aliphatic heterocycles. The number of methoxy groups -OCH3 is 2. The molecule has 0 fully saturated rings. The van der Waals surface area contributed by atoms with Crippen LogP contribution in [0.2, 0.25) is 0 Å². The zero-order valence-corrected chi connectivity index (χ0v) is 17.4. The Kier molecular flexibility index (Phi) is 9.06. The number of halogens is 2. The van der Waals surface area contributed by atoms with E-state index in [1.165, 1.54) is 25.3 Å². The first-order valence-corrected chi connectivity index (χ1v) is 9.41. The summed E-state index contributed by atoms with van der Waals surface area (Å²) in [7, 11) is 0.566. The third-order valence-electron chi connectivity index (χ3n) is 4.41. The Balaban J connectivity index is 0.000000235. The number of benzene rings is 3. The third-order valence-corrected chi connectivity index (χ3v) is 4.41. The van der Waals surface area contributed by atoms with Gasteiger partial charge in [-0.1, -0.05) is 30.3 Å². The van der Waals surface area contributed by atoms with Crippen molar-refractivity contribution in [1.29, 1.82) is 0 Å². The van der Waals surface area contributed by atoms with Crippen LogP contribution in [0, 0.1) is 11.6 Å². The molecule has 3 rings (SSSR count). The van der Waals surface area contributed by atoms with Gasteiger partial charge in [0.25, 0.3) is 0 Å². The largest absolute Gasteiger partial charge is 0.489 e. The standard InChI is InChI=1S/C15H13FO2.C8H8BFO4/c1-18-15(17)14-8-7-13(16)10-12(14)9-11-5-3-2-4-6-11;1-14-8(11)6-3-2-5(10)4-7(6)9(12)13/h2-8,10H,9H2,1H3;2-4,12-13H,1H3. The van der Waals surface area contributed by atoms with Gasteiger partial charge in [0, 0.05) is 0 Å². The average molecular weight is 442 g/mol. The monoisotopic (exact) mass is 442 g/mol. The number of carbonyl (C=O) groups is 2. The van der Waals surface area contributed by atoms with Crippen LogP contribution in [0.25, 0.3) is 0 Å². The van der Waals surface area contributed by atoms with E-state index in [9.17, 15) is 18.4 Å². The van der Waals surface area contributed by atoms with E-state index < -0.39 is 24.9 Å². The van der Waals surface area contributed by atoms with E-state index in [1.807, 2.05) is 30.3 Å². The maximum absolute atomic E-state index is 13.3. The highest BCUT2D eigenvalue weighted by atomic mass is 19.1. The molecule has 0 aromatic heterocycles. The minimum atomic E-state index is -1.90. The summed E-state index contributed by atoms with van der Waals surface area (Å²) in [4.78, 5) is 22.7. The highest BCUT2D eigenvalue weighted by molar-refractivity contribution is 6.60. The van der Waals surface area contributed by atoms with Gasteiger partial charge < -0.3 is 19.5 Å². The van der Waals surface area contributed by atoms with Crippen molar-refractivity contribution in [1.82, 2.24) is 0 Å². The average Bonchev–Trinajstić information content (AvgIpc) is 2.79. The number of ether oxygens (including phenoxy) is 2. The number of hydrogen-bond donors (Lipinski definition) is 2. The molecule has 166 valence electrons. The summed E-state index contributed by atoms with van der Waals surface area (Å²) in [5.41, 5.74) is 1.78. The van der Waals surface area contributed by atoms with Crippen molar-refractivity contribution < 1.29 is 37.9 Å². The molecule has 0 aliphatic rings. The lowest BCUT2D eigenvalue weighted by atomic mass is 9.77. The lowest BCUT2D eigenvalue weighted by Crippen LogP contribution is -2.35. The van der Waals surface area contributed by atoms with Crippen LogP contribution in [0.4, 0.5) is 8.78 Å². The Hall–Kier alpha value is -3.56. The fraction of sp³-hybridized carbons (Fsp3) is 0.130. The van der Waals surface area contributed by atoms with Crippen molar-refractivity contribution in [2.75, 3.05) is 14.2 Å². The normalized spacial score (nSPS) is 9.94. The highest BCUT2D eigenvalue weighted by Crippen LogP contribution is 2.17. The van der Waals surface area contributed by atoms with Gasteiger partial charge in [-0.2, -0.15) is 0 Å². The summed E-state index contributed by atoms with van der Waals surface area (Å²) < 4.78 is 35.0. The Morgan fingerprint density at radius 2 is 1.34 bits per heavy atom. The minimum absolute atomic E-state index is 0.0658. The van der Waals surface area contributed by atoms with Gasteiger partial charge in [-0.05, 0) is 59.4 Å². The SMILES string of the molecule is COC(=O)c1ccc(F)cc1B(O)O.COC(=O)c1ccc(F)cc1Cc1ccccc1. The lowest BCUT2D eigenvalue weighted by molar-refractivity contribution is 0.0591. The van der Waals surface area contributed by atoms with Gasteiger partial charge in [-0.15, -0.1) is 0 Å². The molecule has 0 heterocycles. The third kappa shape index (κ3) is 6.73. The molecule has 0 saturated heterocycles. The molecule has 2 N–H and O–H groups in total. The van der Waals surface area contributed by atoms with Crippen LogP contribution >= 0.6 is 0 Å². The molecule has 0 bridgehead atoms. The van der Waals surface area contributed by atoms with Crippen LogP contribution in [-0.2, 0) is 15.9 Å². The molecule has 0 atom stereocenters. The molecule has 0 spiro atoms. The maximum Gasteiger partial charge on any atom is 0.489 e. The van der Waals surface area contributed by atoms with E-state index >= 15 is 0 Å². The van der Waals surface area contributed by atoms with Crippen molar-refractivity contribution >= 4 is 24.5 Å². The fourth-order valence-corrected chi connectivity index (χ4v) is 2.88. The van der Waals surface area contributed by atoms with Crippen LogP contribution in [0.3, 0.4) is 0 Å². The molecule has 0 amide bonds. The van der Waals surface area contributed by atoms with Crippen molar-refractivity contribution in [3.8, 4) is 0 Å². The van der Waals surface area contributed by atoms with Gasteiger partial charge in [0.2, 0.25) is 0 Å². The predicted octanol–water partition coefficient (Wildman–Crippen LogP) is 2.50. The van der Waals surface area contributed by atoms with Crippen molar-refractivity contribution in [2.24, 2.45) is 0 Å². The van der Waals surface area contributed by atoms with Gasteiger partial charge >= 0.3 is 19.1 Å². The Morgan fingerprint density at radius 3 is 1.91 bits per heavy atom.